The first kappa shape index (κ1) is 14.8. The van der Waals surface area contributed by atoms with Crippen molar-refractivity contribution in [3.05, 3.63) is 40.0 Å². The molecule has 0 saturated carbocycles. The highest BCUT2D eigenvalue weighted by atomic mass is 16.6. The van der Waals surface area contributed by atoms with Crippen LogP contribution >= 0.6 is 0 Å². The highest BCUT2D eigenvalue weighted by Crippen LogP contribution is 2.26. The van der Waals surface area contributed by atoms with E-state index in [4.69, 9.17) is 0 Å². The molecule has 19 heavy (non-hydrogen) atoms. The van der Waals surface area contributed by atoms with Crippen molar-refractivity contribution in [1.82, 2.24) is 5.32 Å². The Labute approximate surface area is 111 Å². The van der Waals surface area contributed by atoms with E-state index >= 15 is 0 Å². The van der Waals surface area contributed by atoms with Crippen LogP contribution in [-0.2, 0) is 4.79 Å². The van der Waals surface area contributed by atoms with Crippen molar-refractivity contribution >= 4 is 23.4 Å². The lowest BCUT2D eigenvalue weighted by Crippen LogP contribution is -2.08. The van der Waals surface area contributed by atoms with E-state index in [0.29, 0.717) is 0 Å². The molecule has 1 amide bonds. The Hall–Kier alpha value is -2.21. The number of carbonyl (C=O) groups excluding carboxylic acids is 1. The summed E-state index contributed by atoms with van der Waals surface area (Å²) < 4.78 is 0. The van der Waals surface area contributed by atoms with Gasteiger partial charge >= 0.3 is 0 Å². The molecule has 0 aliphatic rings. The summed E-state index contributed by atoms with van der Waals surface area (Å²) in [6.07, 6.45) is 4.60. The molecule has 0 atom stereocenters. The Morgan fingerprint density at radius 2 is 2.21 bits per heavy atom. The molecule has 0 unspecified atom stereocenters. The zero-order valence-electron chi connectivity index (χ0n) is 11.0. The van der Waals surface area contributed by atoms with Gasteiger partial charge in [-0.05, 0) is 31.6 Å². The first-order chi connectivity index (χ1) is 9.04. The summed E-state index contributed by atoms with van der Waals surface area (Å²) in [5.41, 5.74) is 0.841. The second kappa shape index (κ2) is 7.27. The Morgan fingerprint density at radius 3 is 2.79 bits per heavy atom. The number of carbonyl (C=O) groups is 1. The van der Waals surface area contributed by atoms with Crippen LogP contribution in [-0.4, -0.2) is 24.4 Å². The number of benzene rings is 1. The number of nitrogens with zero attached hydrogens (tertiary/aromatic N) is 1. The molecule has 1 aromatic rings. The van der Waals surface area contributed by atoms with Crippen molar-refractivity contribution in [2.24, 2.45) is 0 Å². The first-order valence-electron chi connectivity index (χ1n) is 5.91. The molecule has 0 aromatic heterocycles. The number of nitrogens with one attached hydrogen (secondary N) is 2. The molecule has 1 rings (SSSR count). The Morgan fingerprint density at radius 1 is 1.47 bits per heavy atom. The molecule has 6 heteroatoms. The van der Waals surface area contributed by atoms with E-state index in [0.717, 1.165) is 18.5 Å². The van der Waals surface area contributed by atoms with E-state index in [2.05, 4.69) is 10.6 Å². The molecule has 0 radical (unpaired) electrons. The van der Waals surface area contributed by atoms with Gasteiger partial charge in [0.05, 0.1) is 4.92 Å². The summed E-state index contributed by atoms with van der Waals surface area (Å²) in [7, 11) is 1.86. The van der Waals surface area contributed by atoms with Crippen LogP contribution in [0, 0.1) is 10.1 Å². The average Bonchev–Trinajstić information content (AvgIpc) is 2.35. The second-order valence-corrected chi connectivity index (χ2v) is 4.01. The third kappa shape index (κ3) is 4.89. The standard InChI is InChI=1S/C13H17N3O3/c1-10(17)15-12-7-6-11(5-3-4-8-14-2)9-13(12)16(18)19/h3,5-7,9,14H,4,8H2,1-2H3,(H,15,17). The molecule has 0 spiro atoms. The van der Waals surface area contributed by atoms with Gasteiger partial charge in [0.2, 0.25) is 5.91 Å². The second-order valence-electron chi connectivity index (χ2n) is 4.01. The molecule has 6 nitrogen and oxygen atoms in total. The van der Waals surface area contributed by atoms with Crippen LogP contribution < -0.4 is 10.6 Å². The molecule has 2 N–H and O–H groups in total. The van der Waals surface area contributed by atoms with Crippen LogP contribution in [0.4, 0.5) is 11.4 Å². The Balaban J connectivity index is 2.92. The lowest BCUT2D eigenvalue weighted by molar-refractivity contribution is -0.383. The number of anilines is 1. The SMILES string of the molecule is CNCCC=Cc1ccc(NC(C)=O)c([N+](=O)[O-])c1. The van der Waals surface area contributed by atoms with Gasteiger partial charge in [-0.15, -0.1) is 0 Å². The predicted octanol–water partition coefficient (Wildman–Crippen LogP) is 2.18. The molecule has 1 aromatic carbocycles. The fourth-order valence-corrected chi connectivity index (χ4v) is 1.55. The fraction of sp³-hybridized carbons (Fsp3) is 0.308. The van der Waals surface area contributed by atoms with Crippen LogP contribution in [0.2, 0.25) is 0 Å². The zero-order valence-corrected chi connectivity index (χ0v) is 11.0. The zero-order chi connectivity index (χ0) is 14.3. The maximum absolute atomic E-state index is 11.0. The normalized spacial score (nSPS) is 10.6. The number of nitro groups is 1. The molecule has 0 fully saturated rings. The fourth-order valence-electron chi connectivity index (χ4n) is 1.55. The van der Waals surface area contributed by atoms with Crippen molar-refractivity contribution in [3.8, 4) is 0 Å². The quantitative estimate of drug-likeness (QED) is 0.468. The smallest absolute Gasteiger partial charge is 0.293 e. The molecule has 102 valence electrons. The summed E-state index contributed by atoms with van der Waals surface area (Å²) in [5.74, 6) is -0.333. The minimum atomic E-state index is -0.504. The van der Waals surface area contributed by atoms with Crippen molar-refractivity contribution in [1.29, 1.82) is 0 Å². The predicted molar refractivity (Wildman–Crippen MR) is 75.0 cm³/mol. The van der Waals surface area contributed by atoms with Crippen LogP contribution in [0.1, 0.15) is 18.9 Å². The maximum atomic E-state index is 11.0. The van der Waals surface area contributed by atoms with Crippen LogP contribution in [0.3, 0.4) is 0 Å². The van der Waals surface area contributed by atoms with Crippen molar-refractivity contribution in [2.75, 3.05) is 18.9 Å². The Kier molecular flexibility index (Phi) is 5.69. The van der Waals surface area contributed by atoms with Gasteiger partial charge in [0.1, 0.15) is 5.69 Å². The number of nitro benzene ring substituents is 1. The largest absolute Gasteiger partial charge is 0.321 e. The van der Waals surface area contributed by atoms with Gasteiger partial charge < -0.3 is 10.6 Å². The molecular formula is C13H17N3O3. The third-order valence-corrected chi connectivity index (χ3v) is 2.40. The summed E-state index contributed by atoms with van der Waals surface area (Å²) in [4.78, 5) is 21.4. The van der Waals surface area contributed by atoms with Crippen LogP contribution in [0.25, 0.3) is 6.08 Å². The monoisotopic (exact) mass is 263 g/mol. The summed E-state index contributed by atoms with van der Waals surface area (Å²) in [6, 6.07) is 4.71. The van der Waals surface area contributed by atoms with Gasteiger partial charge in [-0.1, -0.05) is 18.2 Å². The summed E-state index contributed by atoms with van der Waals surface area (Å²) in [5, 5.41) is 16.4. The van der Waals surface area contributed by atoms with Gasteiger partial charge in [0, 0.05) is 13.0 Å². The van der Waals surface area contributed by atoms with Gasteiger partial charge in [-0.25, -0.2) is 0 Å². The van der Waals surface area contributed by atoms with Gasteiger partial charge in [-0.3, -0.25) is 14.9 Å². The number of rotatable bonds is 6. The van der Waals surface area contributed by atoms with Crippen molar-refractivity contribution < 1.29 is 9.72 Å². The molecule has 0 saturated heterocycles. The highest BCUT2D eigenvalue weighted by molar-refractivity contribution is 5.91. The van der Waals surface area contributed by atoms with Gasteiger partial charge in [0.25, 0.3) is 5.69 Å². The van der Waals surface area contributed by atoms with E-state index in [1.807, 2.05) is 19.2 Å². The average molecular weight is 263 g/mol. The minimum Gasteiger partial charge on any atom is -0.321 e. The Bertz CT molecular complexity index is 498. The lowest BCUT2D eigenvalue weighted by Gasteiger charge is -2.04. The van der Waals surface area contributed by atoms with E-state index in [1.165, 1.54) is 19.1 Å². The number of hydrogen-bond acceptors (Lipinski definition) is 4. The summed E-state index contributed by atoms with van der Waals surface area (Å²) >= 11 is 0. The van der Waals surface area contributed by atoms with Crippen molar-refractivity contribution in [3.63, 3.8) is 0 Å². The molecular weight excluding hydrogens is 246 g/mol. The van der Waals surface area contributed by atoms with E-state index < -0.39 is 4.92 Å². The molecule has 0 heterocycles. The van der Waals surface area contributed by atoms with E-state index in [1.54, 1.807) is 6.07 Å². The van der Waals surface area contributed by atoms with Gasteiger partial charge in [-0.2, -0.15) is 0 Å². The van der Waals surface area contributed by atoms with Crippen molar-refractivity contribution in [2.45, 2.75) is 13.3 Å². The van der Waals surface area contributed by atoms with E-state index in [9.17, 15) is 14.9 Å². The minimum absolute atomic E-state index is 0.106. The summed E-state index contributed by atoms with van der Waals surface area (Å²) in [6.45, 7) is 2.16. The van der Waals surface area contributed by atoms with Crippen LogP contribution in [0.5, 0.6) is 0 Å². The van der Waals surface area contributed by atoms with E-state index in [-0.39, 0.29) is 17.3 Å². The van der Waals surface area contributed by atoms with Crippen LogP contribution in [0.15, 0.2) is 24.3 Å². The first-order valence-corrected chi connectivity index (χ1v) is 5.91. The molecule has 0 aliphatic heterocycles. The third-order valence-electron chi connectivity index (χ3n) is 2.40. The highest BCUT2D eigenvalue weighted by Gasteiger charge is 2.14. The number of amides is 1. The maximum Gasteiger partial charge on any atom is 0.293 e. The van der Waals surface area contributed by atoms with Gasteiger partial charge in [0.15, 0.2) is 0 Å². The molecule has 0 bridgehead atoms. The molecule has 0 aliphatic carbocycles. The lowest BCUT2D eigenvalue weighted by atomic mass is 10.1. The topological polar surface area (TPSA) is 84.3 Å². The number of hydrogen-bond donors (Lipinski definition) is 2.